The van der Waals surface area contributed by atoms with Crippen LogP contribution in [0.4, 0.5) is 0 Å². The van der Waals surface area contributed by atoms with Gasteiger partial charge in [0, 0.05) is 0 Å². The second-order valence-electron chi connectivity index (χ2n) is 5.94. The molecular formula is C23H20O2Sn. The molecule has 0 unspecified atom stereocenters. The van der Waals surface area contributed by atoms with Gasteiger partial charge in [0.05, 0.1) is 0 Å². The fourth-order valence-corrected chi connectivity index (χ4v) is 5.57. The molecule has 0 amide bonds. The molecule has 0 heterocycles. The summed E-state index contributed by atoms with van der Waals surface area (Å²) in [5.41, 5.74) is 4.14. The van der Waals surface area contributed by atoms with Crippen molar-refractivity contribution < 1.29 is 7.87 Å². The number of hydrogen-bond donors (Lipinski definition) is 0. The first kappa shape index (κ1) is 18.5. The van der Waals surface area contributed by atoms with E-state index in [9.17, 15) is 4.79 Å². The topological polar surface area (TPSA) is 26.3 Å². The fourth-order valence-electron chi connectivity index (χ4n) is 2.80. The van der Waals surface area contributed by atoms with Gasteiger partial charge in [-0.15, -0.1) is 0 Å². The molecule has 128 valence electrons. The Labute approximate surface area is 165 Å². The van der Waals surface area contributed by atoms with E-state index in [4.69, 9.17) is 3.07 Å². The third-order valence-electron chi connectivity index (χ3n) is 4.24. The van der Waals surface area contributed by atoms with Crippen molar-refractivity contribution in [1.82, 2.24) is 0 Å². The van der Waals surface area contributed by atoms with E-state index in [-0.39, 0.29) is 11.9 Å². The van der Waals surface area contributed by atoms with E-state index in [2.05, 4.69) is 55.1 Å². The molecule has 3 aromatic carbocycles. The third-order valence-corrected chi connectivity index (χ3v) is 6.82. The number of benzene rings is 3. The van der Waals surface area contributed by atoms with Gasteiger partial charge in [-0.25, -0.2) is 0 Å². The van der Waals surface area contributed by atoms with E-state index < -0.39 is 21.6 Å². The molecule has 0 aliphatic carbocycles. The molecule has 0 fully saturated rings. The molecule has 2 nitrogen and oxygen atoms in total. The summed E-state index contributed by atoms with van der Waals surface area (Å²) in [4.78, 5) is 12.3. The zero-order chi connectivity index (χ0) is 18.2. The standard InChI is InChI=1S/C14H13.C9H8O2.Sn/c1-12(13-8-4-2-5-9-13)14-10-6-3-7-11-14;1-2-7-3-5-8(6-4-7)9(10)11;/h2-12H,1H2;2-6H,1H2,(H,10,11);/q;;+1/p-1. The van der Waals surface area contributed by atoms with Gasteiger partial charge in [-0.2, -0.15) is 0 Å². The maximum absolute atomic E-state index is 12.3. The average molecular weight is 447 g/mol. The van der Waals surface area contributed by atoms with E-state index in [0.29, 0.717) is 5.56 Å². The molecule has 0 N–H and O–H groups in total. The van der Waals surface area contributed by atoms with E-state index >= 15 is 0 Å². The molecule has 0 spiro atoms. The first-order valence-electron chi connectivity index (χ1n) is 8.54. The Hall–Kier alpha value is -2.33. The van der Waals surface area contributed by atoms with E-state index in [1.54, 1.807) is 18.2 Å². The van der Waals surface area contributed by atoms with Crippen molar-refractivity contribution in [3.63, 3.8) is 0 Å². The molecule has 3 aromatic rings. The van der Waals surface area contributed by atoms with Crippen LogP contribution in [0.1, 0.15) is 33.0 Å². The van der Waals surface area contributed by atoms with Gasteiger partial charge < -0.3 is 0 Å². The van der Waals surface area contributed by atoms with E-state index in [1.807, 2.05) is 24.3 Å². The van der Waals surface area contributed by atoms with Crippen molar-refractivity contribution in [3.05, 3.63) is 114 Å². The number of hydrogen-bond acceptors (Lipinski definition) is 2. The Morgan fingerprint density at radius 3 is 1.92 bits per heavy atom. The van der Waals surface area contributed by atoms with Crippen LogP contribution in [0.3, 0.4) is 0 Å². The molecule has 3 heteroatoms. The molecule has 3 rings (SSSR count). The fraction of sp³-hybridized carbons (Fsp3) is 0.0870. The summed E-state index contributed by atoms with van der Waals surface area (Å²) >= 11 is -1.31. The predicted molar refractivity (Wildman–Crippen MR) is 107 cm³/mol. The molecule has 2 radical (unpaired) electrons. The molecule has 26 heavy (non-hydrogen) atoms. The van der Waals surface area contributed by atoms with E-state index in [1.165, 1.54) is 11.1 Å². The number of carbonyl (C=O) groups excluding carboxylic acids is 1. The summed E-state index contributed by atoms with van der Waals surface area (Å²) < 4.78 is 6.59. The van der Waals surface area contributed by atoms with Crippen LogP contribution in [0.15, 0.2) is 91.5 Å². The normalized spacial score (nSPS) is 10.5. The zero-order valence-electron chi connectivity index (χ0n) is 14.5. The van der Waals surface area contributed by atoms with Gasteiger partial charge in [-0.1, -0.05) is 0 Å². The van der Waals surface area contributed by atoms with Crippen LogP contribution in [0.5, 0.6) is 0 Å². The quantitative estimate of drug-likeness (QED) is 0.457. The van der Waals surface area contributed by atoms with Crippen molar-refractivity contribution in [3.8, 4) is 0 Å². The summed E-state index contributed by atoms with van der Waals surface area (Å²) in [5.74, 6) is 0.0621. The Morgan fingerprint density at radius 2 is 1.42 bits per heavy atom. The Balaban J connectivity index is 1.66. The molecule has 0 saturated heterocycles. The van der Waals surface area contributed by atoms with Crippen LogP contribution in [0.2, 0.25) is 4.44 Å². The minimum atomic E-state index is -1.31. The van der Waals surface area contributed by atoms with Gasteiger partial charge >= 0.3 is 166 Å². The summed E-state index contributed by atoms with van der Waals surface area (Å²) in [6.07, 6.45) is 1.76. The zero-order valence-corrected chi connectivity index (χ0v) is 17.3. The van der Waals surface area contributed by atoms with Crippen molar-refractivity contribution in [2.24, 2.45) is 0 Å². The van der Waals surface area contributed by atoms with Crippen LogP contribution < -0.4 is 0 Å². The molecule has 0 aromatic heterocycles. The second-order valence-corrected chi connectivity index (χ2v) is 8.51. The maximum atomic E-state index is 12.3. The van der Waals surface area contributed by atoms with Crippen molar-refractivity contribution in [2.45, 2.75) is 10.4 Å². The first-order chi connectivity index (χ1) is 12.8. The van der Waals surface area contributed by atoms with Crippen LogP contribution >= 0.6 is 0 Å². The SMILES string of the molecule is C=Cc1ccc(C(=O)[O][Sn][CH2]C(c2ccccc2)c2ccccc2)cc1. The Bertz CT molecular complexity index is 803. The van der Waals surface area contributed by atoms with Crippen molar-refractivity contribution in [2.75, 3.05) is 0 Å². The van der Waals surface area contributed by atoms with Gasteiger partial charge in [0.1, 0.15) is 0 Å². The molecule has 0 saturated carbocycles. The Morgan fingerprint density at radius 1 is 0.885 bits per heavy atom. The number of rotatable bonds is 7. The average Bonchev–Trinajstić information content (AvgIpc) is 2.72. The van der Waals surface area contributed by atoms with Crippen LogP contribution in [-0.4, -0.2) is 27.5 Å². The van der Waals surface area contributed by atoms with Crippen LogP contribution in [-0.2, 0) is 3.07 Å². The van der Waals surface area contributed by atoms with Gasteiger partial charge in [-0.3, -0.25) is 0 Å². The summed E-state index contributed by atoms with van der Waals surface area (Å²) in [7, 11) is 0. The summed E-state index contributed by atoms with van der Waals surface area (Å²) in [6, 6.07) is 28.2. The van der Waals surface area contributed by atoms with Crippen LogP contribution in [0, 0.1) is 0 Å². The van der Waals surface area contributed by atoms with Gasteiger partial charge in [0.2, 0.25) is 0 Å². The predicted octanol–water partition coefficient (Wildman–Crippen LogP) is 5.36. The van der Waals surface area contributed by atoms with Gasteiger partial charge in [0.25, 0.3) is 0 Å². The third kappa shape index (κ3) is 4.85. The molecule has 0 aliphatic rings. The Kier molecular flexibility index (Phi) is 6.67. The van der Waals surface area contributed by atoms with Crippen molar-refractivity contribution >= 4 is 33.6 Å². The minimum absolute atomic E-state index is 0.216. The van der Waals surface area contributed by atoms with Gasteiger partial charge in [0.15, 0.2) is 0 Å². The monoisotopic (exact) mass is 448 g/mol. The summed E-state index contributed by atoms with van der Waals surface area (Å²) in [5, 5.41) is 0. The first-order valence-corrected chi connectivity index (χ1v) is 11.7. The number of carbonyl (C=O) groups is 1. The molecular weight excluding hydrogens is 427 g/mol. The van der Waals surface area contributed by atoms with Crippen molar-refractivity contribution in [1.29, 1.82) is 0 Å². The van der Waals surface area contributed by atoms with Gasteiger partial charge in [-0.05, 0) is 0 Å². The van der Waals surface area contributed by atoms with Crippen LogP contribution in [0.25, 0.3) is 6.08 Å². The molecule has 0 atom stereocenters. The van der Waals surface area contributed by atoms with E-state index in [0.717, 1.165) is 10.0 Å². The molecule has 0 bridgehead atoms. The molecule has 0 aliphatic heterocycles. The second kappa shape index (κ2) is 9.39. The summed E-state index contributed by atoms with van der Waals surface area (Å²) in [6.45, 7) is 3.72.